The number of rotatable bonds is 3. The summed E-state index contributed by atoms with van der Waals surface area (Å²) in [5, 5.41) is 6.43. The monoisotopic (exact) mass is 242 g/mol. The molecule has 2 heterocycles. The maximum Gasteiger partial charge on any atom is 0.347 e. The van der Waals surface area contributed by atoms with E-state index in [1.54, 1.807) is 0 Å². The van der Waals surface area contributed by atoms with Crippen molar-refractivity contribution in [2.75, 3.05) is 5.32 Å². The second-order valence-electron chi connectivity index (χ2n) is 4.29. The highest BCUT2D eigenvalue weighted by atomic mass is 16.1. The summed E-state index contributed by atoms with van der Waals surface area (Å²) < 4.78 is 0. The van der Waals surface area contributed by atoms with Gasteiger partial charge in [-0.3, -0.25) is 0 Å². The van der Waals surface area contributed by atoms with Crippen LogP contribution in [0.25, 0.3) is 0 Å². The molecule has 3 N–H and O–H groups in total. The predicted molar refractivity (Wildman–Crippen MR) is 69.2 cm³/mol. The van der Waals surface area contributed by atoms with Gasteiger partial charge in [0, 0.05) is 30.9 Å². The quantitative estimate of drug-likeness (QED) is 0.750. The number of hydrogen-bond donors (Lipinski definition) is 3. The van der Waals surface area contributed by atoms with Crippen molar-refractivity contribution >= 4 is 5.82 Å². The maximum absolute atomic E-state index is 11.4. The second kappa shape index (κ2) is 4.62. The molecule has 0 fully saturated rings. The van der Waals surface area contributed by atoms with Crippen molar-refractivity contribution in [3.63, 3.8) is 0 Å². The Morgan fingerprint density at radius 3 is 2.89 bits per heavy atom. The molecule has 5 heteroatoms. The highest BCUT2D eigenvalue weighted by molar-refractivity contribution is 5.47. The van der Waals surface area contributed by atoms with Crippen LogP contribution in [0.3, 0.4) is 0 Å². The number of aromatic amines is 1. The summed E-state index contributed by atoms with van der Waals surface area (Å²) >= 11 is 0. The molecule has 0 saturated carbocycles. The standard InChI is InChI=1S/C13H14N4O/c18-13-16-11-8-14-7-10(11)12(17-13)15-6-9-4-2-1-3-5-9/h1-5,14H,6-8H2,(H2,15,16,17,18). The highest BCUT2D eigenvalue weighted by Crippen LogP contribution is 2.18. The van der Waals surface area contributed by atoms with Crippen molar-refractivity contribution in [3.05, 3.63) is 57.6 Å². The number of hydrogen-bond acceptors (Lipinski definition) is 4. The Balaban J connectivity index is 1.83. The van der Waals surface area contributed by atoms with E-state index in [1.165, 1.54) is 5.56 Å². The minimum atomic E-state index is -0.298. The summed E-state index contributed by atoms with van der Waals surface area (Å²) in [5.74, 6) is 0.683. The van der Waals surface area contributed by atoms with Gasteiger partial charge in [0.2, 0.25) is 0 Å². The van der Waals surface area contributed by atoms with Crippen LogP contribution < -0.4 is 16.3 Å². The molecular formula is C13H14N4O. The molecule has 1 aromatic carbocycles. The van der Waals surface area contributed by atoms with E-state index in [9.17, 15) is 4.79 Å². The highest BCUT2D eigenvalue weighted by Gasteiger charge is 2.16. The molecule has 0 amide bonds. The van der Waals surface area contributed by atoms with Gasteiger partial charge in [-0.25, -0.2) is 4.79 Å². The molecule has 0 aliphatic carbocycles. The van der Waals surface area contributed by atoms with Gasteiger partial charge in [0.25, 0.3) is 0 Å². The van der Waals surface area contributed by atoms with E-state index >= 15 is 0 Å². The zero-order chi connectivity index (χ0) is 12.4. The molecule has 3 rings (SSSR count). The van der Waals surface area contributed by atoms with E-state index in [-0.39, 0.29) is 5.69 Å². The van der Waals surface area contributed by atoms with Crippen LogP contribution >= 0.6 is 0 Å². The van der Waals surface area contributed by atoms with Gasteiger partial charge in [0.1, 0.15) is 5.82 Å². The Morgan fingerprint density at radius 1 is 1.22 bits per heavy atom. The molecule has 1 aliphatic heterocycles. The van der Waals surface area contributed by atoms with Crippen LogP contribution in [0, 0.1) is 0 Å². The van der Waals surface area contributed by atoms with Crippen LogP contribution in [0.5, 0.6) is 0 Å². The van der Waals surface area contributed by atoms with Crippen molar-refractivity contribution in [2.45, 2.75) is 19.6 Å². The second-order valence-corrected chi connectivity index (χ2v) is 4.29. The summed E-state index contributed by atoms with van der Waals surface area (Å²) in [6, 6.07) is 10.1. The normalized spacial score (nSPS) is 13.3. The van der Waals surface area contributed by atoms with Gasteiger partial charge in [-0.1, -0.05) is 30.3 Å². The first-order valence-electron chi connectivity index (χ1n) is 5.93. The van der Waals surface area contributed by atoms with Crippen LogP contribution in [0.4, 0.5) is 5.82 Å². The van der Waals surface area contributed by atoms with E-state index in [0.29, 0.717) is 18.9 Å². The first-order chi connectivity index (χ1) is 8.83. The molecule has 0 unspecified atom stereocenters. The number of H-pyrrole nitrogens is 1. The van der Waals surface area contributed by atoms with Crippen molar-refractivity contribution in [1.82, 2.24) is 15.3 Å². The lowest BCUT2D eigenvalue weighted by molar-refractivity contribution is 0.757. The molecule has 92 valence electrons. The van der Waals surface area contributed by atoms with E-state index in [4.69, 9.17) is 0 Å². The minimum Gasteiger partial charge on any atom is -0.366 e. The molecule has 18 heavy (non-hydrogen) atoms. The van der Waals surface area contributed by atoms with Crippen molar-refractivity contribution < 1.29 is 0 Å². The molecular weight excluding hydrogens is 228 g/mol. The van der Waals surface area contributed by atoms with Gasteiger partial charge in [-0.2, -0.15) is 4.98 Å². The molecule has 5 nitrogen and oxygen atoms in total. The van der Waals surface area contributed by atoms with Crippen molar-refractivity contribution in [2.24, 2.45) is 0 Å². The van der Waals surface area contributed by atoms with E-state index < -0.39 is 0 Å². The summed E-state index contributed by atoms with van der Waals surface area (Å²) in [6.45, 7) is 2.12. The van der Waals surface area contributed by atoms with Crippen LogP contribution in [0.15, 0.2) is 35.1 Å². The molecule has 0 radical (unpaired) electrons. The van der Waals surface area contributed by atoms with Gasteiger partial charge in [-0.15, -0.1) is 0 Å². The van der Waals surface area contributed by atoms with Crippen LogP contribution in [-0.4, -0.2) is 9.97 Å². The van der Waals surface area contributed by atoms with Gasteiger partial charge >= 0.3 is 5.69 Å². The average Bonchev–Trinajstić information content (AvgIpc) is 2.85. The molecule has 0 saturated heterocycles. The number of benzene rings is 1. The molecule has 1 aromatic heterocycles. The Morgan fingerprint density at radius 2 is 2.06 bits per heavy atom. The van der Waals surface area contributed by atoms with E-state index in [0.717, 1.165) is 17.8 Å². The Bertz CT molecular complexity index is 606. The summed E-state index contributed by atoms with van der Waals surface area (Å²) in [5.41, 5.74) is 2.86. The number of anilines is 1. The molecule has 0 bridgehead atoms. The summed E-state index contributed by atoms with van der Waals surface area (Å²) in [6.07, 6.45) is 0. The van der Waals surface area contributed by atoms with Crippen LogP contribution in [-0.2, 0) is 19.6 Å². The third-order valence-corrected chi connectivity index (χ3v) is 3.03. The predicted octanol–water partition coefficient (Wildman–Crippen LogP) is 0.985. The van der Waals surface area contributed by atoms with Gasteiger partial charge < -0.3 is 15.6 Å². The Kier molecular flexibility index (Phi) is 2.82. The minimum absolute atomic E-state index is 0.298. The fourth-order valence-electron chi connectivity index (χ4n) is 2.13. The third kappa shape index (κ3) is 2.12. The maximum atomic E-state index is 11.4. The van der Waals surface area contributed by atoms with Gasteiger partial charge in [0.05, 0.1) is 0 Å². The molecule has 0 atom stereocenters. The lowest BCUT2D eigenvalue weighted by Gasteiger charge is -2.09. The van der Waals surface area contributed by atoms with Crippen LogP contribution in [0.1, 0.15) is 16.8 Å². The van der Waals surface area contributed by atoms with E-state index in [1.807, 2.05) is 30.3 Å². The summed E-state index contributed by atoms with van der Waals surface area (Å²) in [7, 11) is 0. The summed E-state index contributed by atoms with van der Waals surface area (Å²) in [4.78, 5) is 18.2. The topological polar surface area (TPSA) is 69.8 Å². The lowest BCUT2D eigenvalue weighted by atomic mass is 10.2. The first kappa shape index (κ1) is 11.0. The number of nitrogens with zero attached hydrogens (tertiary/aromatic N) is 1. The van der Waals surface area contributed by atoms with Crippen LogP contribution in [0.2, 0.25) is 0 Å². The third-order valence-electron chi connectivity index (χ3n) is 3.03. The number of aromatic nitrogens is 2. The lowest BCUT2D eigenvalue weighted by Crippen LogP contribution is -2.17. The fourth-order valence-corrected chi connectivity index (χ4v) is 2.13. The van der Waals surface area contributed by atoms with Gasteiger partial charge in [-0.05, 0) is 5.56 Å². The molecule has 0 spiro atoms. The zero-order valence-corrected chi connectivity index (χ0v) is 9.86. The molecule has 1 aliphatic rings. The van der Waals surface area contributed by atoms with Crippen molar-refractivity contribution in [3.8, 4) is 0 Å². The smallest absolute Gasteiger partial charge is 0.347 e. The largest absolute Gasteiger partial charge is 0.366 e. The first-order valence-corrected chi connectivity index (χ1v) is 5.93. The zero-order valence-electron chi connectivity index (χ0n) is 9.86. The molecule has 2 aromatic rings. The SMILES string of the molecule is O=c1nc(NCc2ccccc2)c2c([nH]1)CNC2. The fraction of sp³-hybridized carbons (Fsp3) is 0.231. The van der Waals surface area contributed by atoms with Crippen molar-refractivity contribution in [1.29, 1.82) is 0 Å². The number of nitrogens with one attached hydrogen (secondary N) is 3. The number of fused-ring (bicyclic) bond motifs is 1. The van der Waals surface area contributed by atoms with Gasteiger partial charge in [0.15, 0.2) is 0 Å². The Hall–Kier alpha value is -2.14. The average molecular weight is 242 g/mol. The Labute approximate surface area is 104 Å². The van der Waals surface area contributed by atoms with E-state index in [2.05, 4.69) is 20.6 Å².